The zero-order valence-corrected chi connectivity index (χ0v) is 15.1. The van der Waals surface area contributed by atoms with Gasteiger partial charge in [-0.3, -0.25) is 4.79 Å². The third-order valence-corrected chi connectivity index (χ3v) is 4.67. The molecule has 1 fully saturated rings. The highest BCUT2D eigenvalue weighted by Crippen LogP contribution is 2.30. The van der Waals surface area contributed by atoms with Crippen LogP contribution in [0.25, 0.3) is 0 Å². The van der Waals surface area contributed by atoms with Gasteiger partial charge >= 0.3 is 6.18 Å². The predicted molar refractivity (Wildman–Crippen MR) is 94.8 cm³/mol. The minimum atomic E-state index is -4.47. The zero-order valence-electron chi connectivity index (χ0n) is 14.3. The monoisotopic (exact) mass is 398 g/mol. The Morgan fingerprint density at radius 3 is 2.52 bits per heavy atom. The molecule has 1 N–H and O–H groups in total. The van der Waals surface area contributed by atoms with E-state index in [0.717, 1.165) is 25.0 Å². The zero-order chi connectivity index (χ0) is 19.4. The molecule has 1 heterocycles. The number of nitrogens with zero attached hydrogens (tertiary/aromatic N) is 1. The minimum Gasteiger partial charge on any atom is -0.474 e. The van der Waals surface area contributed by atoms with Gasteiger partial charge in [0.05, 0.1) is 10.6 Å². The quantitative estimate of drug-likeness (QED) is 0.799. The van der Waals surface area contributed by atoms with Crippen LogP contribution in [0, 0.1) is 0 Å². The summed E-state index contributed by atoms with van der Waals surface area (Å²) in [5.74, 6) is 0.000637. The number of hydrogen-bond donors (Lipinski definition) is 1. The maximum atomic E-state index is 12.8. The summed E-state index contributed by atoms with van der Waals surface area (Å²) >= 11 is 5.79. The van der Waals surface area contributed by atoms with Crippen LogP contribution in [-0.4, -0.2) is 23.0 Å². The largest absolute Gasteiger partial charge is 0.474 e. The fourth-order valence-corrected chi connectivity index (χ4v) is 3.15. The molecule has 1 aromatic heterocycles. The highest BCUT2D eigenvalue weighted by atomic mass is 35.5. The van der Waals surface area contributed by atoms with Gasteiger partial charge in [0.1, 0.15) is 6.10 Å². The maximum Gasteiger partial charge on any atom is 0.416 e. The van der Waals surface area contributed by atoms with Crippen molar-refractivity contribution in [1.29, 1.82) is 0 Å². The summed E-state index contributed by atoms with van der Waals surface area (Å²) in [5, 5.41) is 3.34. The predicted octanol–water partition coefficient (Wildman–Crippen LogP) is 4.87. The van der Waals surface area contributed by atoms with Crippen molar-refractivity contribution in [2.75, 3.05) is 0 Å². The molecule has 0 aliphatic heterocycles. The lowest BCUT2D eigenvalue weighted by atomic mass is 9.92. The molecule has 1 aliphatic rings. The molecule has 3 rings (SSSR count). The third-order valence-electron chi connectivity index (χ3n) is 4.45. The standard InChI is InChI=1S/C19H18ClF3N2O2/c20-14-4-9-17(24-11-14)27-16-7-5-15(6-8-16)25-18(26)12-2-1-3-13(10-12)19(21,22)23/h1-4,9-11,15-16H,5-8H2,(H,25,26). The fourth-order valence-electron chi connectivity index (χ4n) is 3.03. The van der Waals surface area contributed by atoms with Gasteiger partial charge in [0.15, 0.2) is 0 Å². The number of alkyl halides is 3. The second-order valence-electron chi connectivity index (χ2n) is 6.46. The van der Waals surface area contributed by atoms with Gasteiger partial charge in [0.2, 0.25) is 5.88 Å². The molecule has 2 aromatic rings. The first kappa shape index (κ1) is 19.5. The number of hydrogen-bond acceptors (Lipinski definition) is 3. The van der Waals surface area contributed by atoms with E-state index >= 15 is 0 Å². The molecule has 8 heteroatoms. The van der Waals surface area contributed by atoms with Gasteiger partial charge in [0, 0.05) is 23.9 Å². The molecule has 1 aliphatic carbocycles. The lowest BCUT2D eigenvalue weighted by Crippen LogP contribution is -2.39. The van der Waals surface area contributed by atoms with Gasteiger partial charge in [-0.05, 0) is 49.9 Å². The normalized spacial score (nSPS) is 20.1. The van der Waals surface area contributed by atoms with Gasteiger partial charge in [-0.2, -0.15) is 13.2 Å². The first-order valence-electron chi connectivity index (χ1n) is 8.57. The van der Waals surface area contributed by atoms with Crippen LogP contribution in [0.1, 0.15) is 41.6 Å². The van der Waals surface area contributed by atoms with Gasteiger partial charge in [-0.1, -0.05) is 17.7 Å². The summed E-state index contributed by atoms with van der Waals surface area (Å²) in [6.07, 6.45) is -0.166. The van der Waals surface area contributed by atoms with Crippen molar-refractivity contribution < 1.29 is 22.7 Å². The average molecular weight is 399 g/mol. The van der Waals surface area contributed by atoms with Crippen molar-refractivity contribution in [2.24, 2.45) is 0 Å². The number of carbonyl (C=O) groups excluding carboxylic acids is 1. The number of carbonyl (C=O) groups is 1. The Balaban J connectivity index is 1.51. The number of pyridine rings is 1. The Kier molecular flexibility index (Phi) is 5.89. The van der Waals surface area contributed by atoms with E-state index < -0.39 is 17.6 Å². The van der Waals surface area contributed by atoms with Gasteiger partial charge in [0.25, 0.3) is 5.91 Å². The van der Waals surface area contributed by atoms with Crippen molar-refractivity contribution in [3.63, 3.8) is 0 Å². The summed E-state index contributed by atoms with van der Waals surface area (Å²) in [4.78, 5) is 16.4. The van der Waals surface area contributed by atoms with Crippen LogP contribution in [0.3, 0.4) is 0 Å². The second kappa shape index (κ2) is 8.17. The molecule has 0 bridgehead atoms. The summed E-state index contributed by atoms with van der Waals surface area (Å²) in [7, 11) is 0. The molecule has 27 heavy (non-hydrogen) atoms. The van der Waals surface area contributed by atoms with Crippen LogP contribution in [0.2, 0.25) is 5.02 Å². The van der Waals surface area contributed by atoms with Crippen molar-refractivity contribution in [1.82, 2.24) is 10.3 Å². The molecule has 0 atom stereocenters. The van der Waals surface area contributed by atoms with Gasteiger partial charge in [-0.15, -0.1) is 0 Å². The van der Waals surface area contributed by atoms with E-state index in [0.29, 0.717) is 23.7 Å². The van der Waals surface area contributed by atoms with Crippen molar-refractivity contribution in [3.05, 3.63) is 58.7 Å². The van der Waals surface area contributed by atoms with Crippen LogP contribution in [0.15, 0.2) is 42.6 Å². The molecule has 1 saturated carbocycles. The molecular formula is C19H18ClF3N2O2. The van der Waals surface area contributed by atoms with Crippen LogP contribution < -0.4 is 10.1 Å². The van der Waals surface area contributed by atoms with Crippen molar-refractivity contribution in [2.45, 2.75) is 44.0 Å². The fraction of sp³-hybridized carbons (Fsp3) is 0.368. The van der Waals surface area contributed by atoms with E-state index in [1.165, 1.54) is 18.3 Å². The Bertz CT molecular complexity index is 788. The Morgan fingerprint density at radius 2 is 1.89 bits per heavy atom. The molecular weight excluding hydrogens is 381 g/mol. The topological polar surface area (TPSA) is 51.2 Å². The minimum absolute atomic E-state index is 0.00793. The van der Waals surface area contributed by atoms with E-state index in [1.807, 2.05) is 0 Å². The smallest absolute Gasteiger partial charge is 0.416 e. The number of nitrogens with one attached hydrogen (secondary N) is 1. The molecule has 0 unspecified atom stereocenters. The van der Waals surface area contributed by atoms with Crippen LogP contribution in [0.4, 0.5) is 13.2 Å². The summed E-state index contributed by atoms with van der Waals surface area (Å²) < 4.78 is 44.1. The summed E-state index contributed by atoms with van der Waals surface area (Å²) in [6, 6.07) is 7.74. The van der Waals surface area contributed by atoms with Crippen LogP contribution in [0.5, 0.6) is 5.88 Å². The second-order valence-corrected chi connectivity index (χ2v) is 6.89. The van der Waals surface area contributed by atoms with E-state index in [9.17, 15) is 18.0 Å². The Labute approximate surface area is 159 Å². The van der Waals surface area contributed by atoms with Crippen LogP contribution in [-0.2, 0) is 6.18 Å². The molecule has 0 radical (unpaired) electrons. The van der Waals surface area contributed by atoms with Gasteiger partial charge < -0.3 is 10.1 Å². The number of rotatable bonds is 4. The summed E-state index contributed by atoms with van der Waals surface area (Å²) in [5.41, 5.74) is -0.823. The van der Waals surface area contributed by atoms with Gasteiger partial charge in [-0.25, -0.2) is 4.98 Å². The molecule has 1 aromatic carbocycles. The molecule has 4 nitrogen and oxygen atoms in total. The first-order valence-corrected chi connectivity index (χ1v) is 8.95. The SMILES string of the molecule is O=C(NC1CCC(Oc2ccc(Cl)cn2)CC1)c1cccc(C(F)(F)F)c1. The maximum absolute atomic E-state index is 12.8. The molecule has 1 amide bonds. The number of halogens is 4. The van der Waals surface area contributed by atoms with Crippen LogP contribution >= 0.6 is 11.6 Å². The number of aromatic nitrogens is 1. The highest BCUT2D eigenvalue weighted by molar-refractivity contribution is 6.30. The average Bonchev–Trinajstić information content (AvgIpc) is 2.64. The number of benzene rings is 1. The number of amides is 1. The van der Waals surface area contributed by atoms with E-state index in [2.05, 4.69) is 10.3 Å². The first-order chi connectivity index (χ1) is 12.8. The van der Waals surface area contributed by atoms with Crippen molar-refractivity contribution >= 4 is 17.5 Å². The Hall–Kier alpha value is -2.28. The number of ether oxygens (including phenoxy) is 1. The molecule has 144 valence electrons. The lowest BCUT2D eigenvalue weighted by Gasteiger charge is -2.29. The molecule has 0 saturated heterocycles. The van der Waals surface area contributed by atoms with E-state index in [1.54, 1.807) is 12.1 Å². The van der Waals surface area contributed by atoms with E-state index in [4.69, 9.17) is 16.3 Å². The highest BCUT2D eigenvalue weighted by Gasteiger charge is 2.31. The summed E-state index contributed by atoms with van der Waals surface area (Å²) in [6.45, 7) is 0. The molecule has 0 spiro atoms. The third kappa shape index (κ3) is 5.35. The Morgan fingerprint density at radius 1 is 1.15 bits per heavy atom. The lowest BCUT2D eigenvalue weighted by molar-refractivity contribution is -0.137. The van der Waals surface area contributed by atoms with E-state index in [-0.39, 0.29) is 17.7 Å². The van der Waals surface area contributed by atoms with Crippen molar-refractivity contribution in [3.8, 4) is 5.88 Å².